The van der Waals surface area contributed by atoms with Crippen LogP contribution in [0.25, 0.3) is 10.8 Å². The summed E-state index contributed by atoms with van der Waals surface area (Å²) < 4.78 is 5.63. The molecule has 1 aliphatic rings. The van der Waals surface area contributed by atoms with Crippen molar-refractivity contribution >= 4 is 10.8 Å². The van der Waals surface area contributed by atoms with Crippen LogP contribution in [0, 0.1) is 5.92 Å². The molecule has 0 radical (unpaired) electrons. The maximum absolute atomic E-state index is 5.63. The first-order valence-electron chi connectivity index (χ1n) is 13.0. The van der Waals surface area contributed by atoms with Crippen molar-refractivity contribution in [1.29, 1.82) is 0 Å². The Morgan fingerprint density at radius 2 is 1.41 bits per heavy atom. The number of hydrogen-bond acceptors (Lipinski definition) is 1. The monoisotopic (exact) mass is 428 g/mol. The van der Waals surface area contributed by atoms with Crippen molar-refractivity contribution in [3.05, 3.63) is 77.4 Å². The zero-order chi connectivity index (χ0) is 22.2. The van der Waals surface area contributed by atoms with Crippen molar-refractivity contribution < 1.29 is 4.74 Å². The van der Waals surface area contributed by atoms with Gasteiger partial charge in [0.2, 0.25) is 0 Å². The Morgan fingerprint density at radius 3 is 2.16 bits per heavy atom. The molecule has 0 amide bonds. The molecule has 0 N–H and O–H groups in total. The van der Waals surface area contributed by atoms with Gasteiger partial charge in [-0.25, -0.2) is 0 Å². The van der Waals surface area contributed by atoms with E-state index < -0.39 is 0 Å². The highest BCUT2D eigenvalue weighted by atomic mass is 16.5. The maximum atomic E-state index is 5.63. The van der Waals surface area contributed by atoms with Gasteiger partial charge in [0, 0.05) is 0 Å². The molecule has 1 heteroatoms. The number of benzene rings is 3. The first-order valence-corrected chi connectivity index (χ1v) is 13.0. The van der Waals surface area contributed by atoms with Gasteiger partial charge >= 0.3 is 0 Å². The molecule has 0 saturated heterocycles. The lowest BCUT2D eigenvalue weighted by molar-refractivity contribution is 0.303. The predicted octanol–water partition coefficient (Wildman–Crippen LogP) is 8.88. The molecule has 1 nitrogen and oxygen atoms in total. The molecule has 1 saturated carbocycles. The summed E-state index contributed by atoms with van der Waals surface area (Å²) in [5.74, 6) is 2.73. The minimum atomic E-state index is 0.711. The van der Waals surface area contributed by atoms with Crippen LogP contribution in [-0.4, -0.2) is 6.61 Å². The summed E-state index contributed by atoms with van der Waals surface area (Å²) in [6.45, 7) is 5.05. The SMILES string of the molecule is CCCCCC1CCC(c2ccc(CCc3ccc4cc(OCC)ccc4c3)cc2)CC1. The van der Waals surface area contributed by atoms with Gasteiger partial charge in [-0.1, -0.05) is 81.1 Å². The molecule has 170 valence electrons. The molecular formula is C31H40O. The van der Waals surface area contributed by atoms with Crippen LogP contribution in [0.5, 0.6) is 5.75 Å². The second-order valence-corrected chi connectivity index (χ2v) is 9.73. The Labute approximate surface area is 195 Å². The normalized spacial score (nSPS) is 18.7. The van der Waals surface area contributed by atoms with Gasteiger partial charge in [0.1, 0.15) is 5.75 Å². The van der Waals surface area contributed by atoms with E-state index in [0.29, 0.717) is 6.61 Å². The quantitative estimate of drug-likeness (QED) is 0.293. The molecule has 0 atom stereocenters. The molecule has 3 aromatic carbocycles. The van der Waals surface area contributed by atoms with Gasteiger partial charge in [-0.05, 0) is 96.9 Å². The minimum absolute atomic E-state index is 0.711. The van der Waals surface area contributed by atoms with E-state index in [4.69, 9.17) is 4.74 Å². The van der Waals surface area contributed by atoms with Crippen molar-refractivity contribution in [2.75, 3.05) is 6.61 Å². The fourth-order valence-electron chi connectivity index (χ4n) is 5.40. The number of unbranched alkanes of at least 4 members (excludes halogenated alkanes) is 2. The van der Waals surface area contributed by atoms with Gasteiger partial charge < -0.3 is 4.74 Å². The summed E-state index contributed by atoms with van der Waals surface area (Å²) in [6.07, 6.45) is 13.5. The first-order chi connectivity index (χ1) is 15.7. The van der Waals surface area contributed by atoms with Gasteiger partial charge in [-0.15, -0.1) is 0 Å². The number of fused-ring (bicyclic) bond motifs is 1. The van der Waals surface area contributed by atoms with Gasteiger partial charge in [0.25, 0.3) is 0 Å². The summed E-state index contributed by atoms with van der Waals surface area (Å²) in [6, 6.07) is 22.8. The molecule has 0 spiro atoms. The number of rotatable bonds is 10. The van der Waals surface area contributed by atoms with Crippen LogP contribution in [0.1, 0.15) is 87.8 Å². The minimum Gasteiger partial charge on any atom is -0.494 e. The van der Waals surface area contributed by atoms with Gasteiger partial charge in [0.05, 0.1) is 6.61 Å². The summed E-state index contributed by atoms with van der Waals surface area (Å²) in [5.41, 5.74) is 4.43. The van der Waals surface area contributed by atoms with Crippen LogP contribution in [0.15, 0.2) is 60.7 Å². The molecule has 4 rings (SSSR count). The Morgan fingerprint density at radius 1 is 0.719 bits per heavy atom. The van der Waals surface area contributed by atoms with Crippen molar-refractivity contribution in [1.82, 2.24) is 0 Å². The number of ether oxygens (including phenoxy) is 1. The largest absolute Gasteiger partial charge is 0.494 e. The average molecular weight is 429 g/mol. The number of aryl methyl sites for hydroxylation is 2. The molecule has 0 heterocycles. The van der Waals surface area contributed by atoms with Crippen molar-refractivity contribution in [3.63, 3.8) is 0 Å². The highest BCUT2D eigenvalue weighted by Gasteiger charge is 2.21. The summed E-state index contributed by atoms with van der Waals surface area (Å²) in [4.78, 5) is 0. The zero-order valence-electron chi connectivity index (χ0n) is 20.1. The third-order valence-corrected chi connectivity index (χ3v) is 7.40. The molecule has 1 fully saturated rings. The standard InChI is InChI=1S/C31H40O/c1-3-5-6-7-24-10-15-27(16-11-24)28-17-12-25(13-18-28)8-9-26-14-19-30-23-31(32-4-2)21-20-29(30)22-26/h12-14,17-24,27H,3-11,15-16H2,1-2H3. The molecule has 0 aliphatic heterocycles. The van der Waals surface area contributed by atoms with Crippen LogP contribution < -0.4 is 4.74 Å². The smallest absolute Gasteiger partial charge is 0.119 e. The average Bonchev–Trinajstić information content (AvgIpc) is 2.84. The second kappa shape index (κ2) is 11.5. The van der Waals surface area contributed by atoms with Crippen molar-refractivity contribution in [2.45, 2.75) is 84.0 Å². The lowest BCUT2D eigenvalue weighted by Gasteiger charge is -2.29. The van der Waals surface area contributed by atoms with E-state index >= 15 is 0 Å². The van der Waals surface area contributed by atoms with Crippen molar-refractivity contribution in [3.8, 4) is 5.75 Å². The molecule has 3 aromatic rings. The molecular weight excluding hydrogens is 388 g/mol. The predicted molar refractivity (Wildman–Crippen MR) is 138 cm³/mol. The van der Waals surface area contributed by atoms with E-state index in [0.717, 1.165) is 30.4 Å². The number of hydrogen-bond donors (Lipinski definition) is 0. The summed E-state index contributed by atoms with van der Waals surface area (Å²) in [7, 11) is 0. The molecule has 1 aliphatic carbocycles. The van der Waals surface area contributed by atoms with E-state index in [1.54, 1.807) is 5.56 Å². The van der Waals surface area contributed by atoms with Crippen LogP contribution in [0.2, 0.25) is 0 Å². The van der Waals surface area contributed by atoms with E-state index in [2.05, 4.69) is 67.6 Å². The van der Waals surface area contributed by atoms with Crippen LogP contribution >= 0.6 is 0 Å². The van der Waals surface area contributed by atoms with Gasteiger partial charge in [-0.3, -0.25) is 0 Å². The third-order valence-electron chi connectivity index (χ3n) is 7.40. The third kappa shape index (κ3) is 6.15. The van der Waals surface area contributed by atoms with E-state index in [9.17, 15) is 0 Å². The Kier molecular flexibility index (Phi) is 8.26. The van der Waals surface area contributed by atoms with E-state index in [1.165, 1.54) is 73.3 Å². The molecule has 0 aromatic heterocycles. The van der Waals surface area contributed by atoms with E-state index in [1.807, 2.05) is 6.92 Å². The summed E-state index contributed by atoms with van der Waals surface area (Å²) >= 11 is 0. The molecule has 0 bridgehead atoms. The first kappa shape index (κ1) is 22.9. The highest BCUT2D eigenvalue weighted by Crippen LogP contribution is 2.37. The molecule has 0 unspecified atom stereocenters. The van der Waals surface area contributed by atoms with Crippen molar-refractivity contribution in [2.24, 2.45) is 5.92 Å². The van der Waals surface area contributed by atoms with Gasteiger partial charge in [-0.2, -0.15) is 0 Å². The van der Waals surface area contributed by atoms with Gasteiger partial charge in [0.15, 0.2) is 0 Å². The Bertz CT molecular complexity index is 963. The highest BCUT2D eigenvalue weighted by molar-refractivity contribution is 5.84. The fraction of sp³-hybridized carbons (Fsp3) is 0.484. The topological polar surface area (TPSA) is 9.23 Å². The lowest BCUT2D eigenvalue weighted by atomic mass is 9.77. The van der Waals surface area contributed by atoms with Crippen LogP contribution in [0.4, 0.5) is 0 Å². The second-order valence-electron chi connectivity index (χ2n) is 9.73. The molecule has 32 heavy (non-hydrogen) atoms. The Balaban J connectivity index is 1.28. The maximum Gasteiger partial charge on any atom is 0.119 e. The van der Waals surface area contributed by atoms with Crippen LogP contribution in [0.3, 0.4) is 0 Å². The lowest BCUT2D eigenvalue weighted by Crippen LogP contribution is -2.13. The fourth-order valence-corrected chi connectivity index (χ4v) is 5.40. The van der Waals surface area contributed by atoms with E-state index in [-0.39, 0.29) is 0 Å². The zero-order valence-corrected chi connectivity index (χ0v) is 20.1. The Hall–Kier alpha value is -2.28. The summed E-state index contributed by atoms with van der Waals surface area (Å²) in [5, 5.41) is 2.55. The van der Waals surface area contributed by atoms with Crippen LogP contribution in [-0.2, 0) is 12.8 Å².